The van der Waals surface area contributed by atoms with Crippen LogP contribution in [-0.4, -0.2) is 64.0 Å². The van der Waals surface area contributed by atoms with E-state index < -0.39 is 0 Å². The summed E-state index contributed by atoms with van der Waals surface area (Å²) in [5, 5.41) is 4.40. The average Bonchev–Trinajstić information content (AvgIpc) is 3.44. The van der Waals surface area contributed by atoms with Gasteiger partial charge in [-0.25, -0.2) is 0 Å². The maximum atomic E-state index is 13.6. The second-order valence-electron chi connectivity index (χ2n) is 8.83. The van der Waals surface area contributed by atoms with Crippen molar-refractivity contribution in [1.82, 2.24) is 19.6 Å². The average molecular weight is 394 g/mol. The Balaban J connectivity index is 1.39. The molecular formula is C22H26N4O3. The van der Waals surface area contributed by atoms with Gasteiger partial charge in [0.05, 0.1) is 11.7 Å². The fraction of sp³-hybridized carbons (Fsp3) is 0.545. The summed E-state index contributed by atoms with van der Waals surface area (Å²) in [7, 11) is 1.86. The van der Waals surface area contributed by atoms with Gasteiger partial charge in [0, 0.05) is 25.6 Å². The van der Waals surface area contributed by atoms with Crippen LogP contribution in [0.25, 0.3) is 0 Å². The van der Waals surface area contributed by atoms with Crippen LogP contribution >= 0.6 is 0 Å². The number of benzene rings is 1. The molecule has 7 heteroatoms. The number of aromatic nitrogens is 2. The van der Waals surface area contributed by atoms with E-state index in [0.717, 1.165) is 36.8 Å². The van der Waals surface area contributed by atoms with Crippen LogP contribution < -0.4 is 9.47 Å². The second kappa shape index (κ2) is 6.23. The highest BCUT2D eigenvalue weighted by Gasteiger charge is 2.55. The van der Waals surface area contributed by atoms with Crippen LogP contribution in [0.1, 0.15) is 40.5 Å². The lowest BCUT2D eigenvalue weighted by atomic mass is 9.75. The molecule has 0 saturated carbocycles. The molecule has 0 unspecified atom stereocenters. The minimum Gasteiger partial charge on any atom is -0.454 e. The fourth-order valence-corrected chi connectivity index (χ4v) is 6.05. The van der Waals surface area contributed by atoms with Gasteiger partial charge in [-0.15, -0.1) is 0 Å². The quantitative estimate of drug-likeness (QED) is 0.781. The van der Waals surface area contributed by atoms with Gasteiger partial charge in [-0.1, -0.05) is 6.07 Å². The number of aryl methyl sites for hydroxylation is 2. The van der Waals surface area contributed by atoms with Crippen LogP contribution in [0.4, 0.5) is 0 Å². The monoisotopic (exact) mass is 394 g/mol. The van der Waals surface area contributed by atoms with Gasteiger partial charge in [0.1, 0.15) is 5.69 Å². The van der Waals surface area contributed by atoms with Crippen molar-refractivity contribution in [3.05, 3.63) is 41.2 Å². The molecule has 2 bridgehead atoms. The van der Waals surface area contributed by atoms with E-state index in [9.17, 15) is 4.79 Å². The molecule has 0 N–H and O–H groups in total. The SMILES string of the molecule is Cc1cc(C(=O)N2C[C@H](c3ccc4c(c3)OCO4)[C@H]3[C@@H]2C2CCN3CC2)n(C)n1. The minimum absolute atomic E-state index is 0.111. The number of ether oxygens (including phenoxy) is 2. The maximum Gasteiger partial charge on any atom is 0.272 e. The Morgan fingerprint density at radius 2 is 1.90 bits per heavy atom. The molecule has 0 aliphatic carbocycles. The first-order valence-corrected chi connectivity index (χ1v) is 10.6. The van der Waals surface area contributed by atoms with Gasteiger partial charge in [0.2, 0.25) is 6.79 Å². The second-order valence-corrected chi connectivity index (χ2v) is 8.83. The Kier molecular flexibility index (Phi) is 3.72. The number of rotatable bonds is 2. The van der Waals surface area contributed by atoms with Crippen molar-refractivity contribution in [2.75, 3.05) is 26.4 Å². The number of likely N-dealkylation sites (tertiary alicyclic amines) is 1. The van der Waals surface area contributed by atoms with Gasteiger partial charge in [0.15, 0.2) is 11.5 Å². The van der Waals surface area contributed by atoms with Crippen molar-refractivity contribution in [3.63, 3.8) is 0 Å². The lowest BCUT2D eigenvalue weighted by Gasteiger charge is -2.51. The van der Waals surface area contributed by atoms with E-state index in [1.54, 1.807) is 4.68 Å². The Morgan fingerprint density at radius 3 is 2.66 bits per heavy atom. The summed E-state index contributed by atoms with van der Waals surface area (Å²) in [6.45, 7) is 5.24. The first kappa shape index (κ1) is 17.3. The van der Waals surface area contributed by atoms with Crippen LogP contribution in [0.2, 0.25) is 0 Å². The van der Waals surface area contributed by atoms with E-state index in [1.807, 2.05) is 26.1 Å². The molecule has 29 heavy (non-hydrogen) atoms. The number of amides is 1. The Bertz CT molecular complexity index is 978. The molecule has 4 fully saturated rings. The molecule has 7 nitrogen and oxygen atoms in total. The predicted octanol–water partition coefficient (Wildman–Crippen LogP) is 2.16. The summed E-state index contributed by atoms with van der Waals surface area (Å²) in [6.07, 6.45) is 2.37. The normalized spacial score (nSPS) is 31.9. The number of carbonyl (C=O) groups excluding carboxylic acids is 1. The van der Waals surface area contributed by atoms with Crippen molar-refractivity contribution in [2.24, 2.45) is 13.0 Å². The zero-order chi connectivity index (χ0) is 19.7. The lowest BCUT2D eigenvalue weighted by molar-refractivity contribution is -0.00373. The van der Waals surface area contributed by atoms with Gasteiger partial charge in [-0.2, -0.15) is 5.10 Å². The highest BCUT2D eigenvalue weighted by molar-refractivity contribution is 5.93. The van der Waals surface area contributed by atoms with E-state index >= 15 is 0 Å². The third kappa shape index (κ3) is 2.53. The number of piperidine rings is 3. The number of carbonyl (C=O) groups is 1. The van der Waals surface area contributed by atoms with Gasteiger partial charge >= 0.3 is 0 Å². The van der Waals surface area contributed by atoms with Crippen molar-refractivity contribution in [3.8, 4) is 11.5 Å². The van der Waals surface area contributed by atoms with Gasteiger partial charge in [-0.3, -0.25) is 14.4 Å². The number of hydrogen-bond acceptors (Lipinski definition) is 5. The van der Waals surface area contributed by atoms with Crippen molar-refractivity contribution in [2.45, 2.75) is 37.8 Å². The summed E-state index contributed by atoms with van der Waals surface area (Å²) in [5.74, 6) is 2.62. The largest absolute Gasteiger partial charge is 0.454 e. The summed E-state index contributed by atoms with van der Waals surface area (Å²) in [6, 6.07) is 8.85. The Morgan fingerprint density at radius 1 is 1.10 bits per heavy atom. The zero-order valence-electron chi connectivity index (χ0n) is 16.9. The molecule has 7 rings (SSSR count). The van der Waals surface area contributed by atoms with Crippen LogP contribution in [0.3, 0.4) is 0 Å². The van der Waals surface area contributed by atoms with Crippen LogP contribution in [0.5, 0.6) is 11.5 Å². The van der Waals surface area contributed by atoms with Crippen molar-refractivity contribution >= 4 is 5.91 Å². The number of nitrogens with zero attached hydrogens (tertiary/aromatic N) is 4. The van der Waals surface area contributed by atoms with Crippen LogP contribution in [-0.2, 0) is 7.05 Å². The summed E-state index contributed by atoms with van der Waals surface area (Å²) >= 11 is 0. The van der Waals surface area contributed by atoms with Gasteiger partial charge in [0.25, 0.3) is 5.91 Å². The van der Waals surface area contributed by atoms with E-state index in [-0.39, 0.29) is 24.7 Å². The topological polar surface area (TPSA) is 59.8 Å². The first-order chi connectivity index (χ1) is 14.1. The Labute approximate surface area is 170 Å². The highest BCUT2D eigenvalue weighted by atomic mass is 16.7. The molecule has 2 aromatic rings. The molecule has 1 aromatic carbocycles. The highest BCUT2D eigenvalue weighted by Crippen LogP contribution is 2.48. The van der Waals surface area contributed by atoms with E-state index in [2.05, 4.69) is 27.0 Å². The molecule has 0 spiro atoms. The molecule has 4 saturated heterocycles. The summed E-state index contributed by atoms with van der Waals surface area (Å²) < 4.78 is 12.9. The third-order valence-electron chi connectivity index (χ3n) is 7.30. The van der Waals surface area contributed by atoms with E-state index in [1.165, 1.54) is 18.4 Å². The third-order valence-corrected chi connectivity index (χ3v) is 7.30. The van der Waals surface area contributed by atoms with E-state index in [0.29, 0.717) is 17.7 Å². The van der Waals surface area contributed by atoms with Crippen LogP contribution in [0, 0.1) is 12.8 Å². The Hall–Kier alpha value is -2.54. The summed E-state index contributed by atoms with van der Waals surface area (Å²) in [4.78, 5) is 18.3. The predicted molar refractivity (Wildman–Crippen MR) is 106 cm³/mol. The molecule has 6 heterocycles. The zero-order valence-corrected chi connectivity index (χ0v) is 16.9. The van der Waals surface area contributed by atoms with Crippen molar-refractivity contribution in [1.29, 1.82) is 0 Å². The van der Waals surface area contributed by atoms with Crippen molar-refractivity contribution < 1.29 is 14.3 Å². The maximum absolute atomic E-state index is 13.6. The smallest absolute Gasteiger partial charge is 0.272 e. The molecule has 1 aromatic heterocycles. The van der Waals surface area contributed by atoms with Gasteiger partial charge in [-0.05, 0) is 62.5 Å². The van der Waals surface area contributed by atoms with E-state index in [4.69, 9.17) is 9.47 Å². The molecule has 5 aliphatic heterocycles. The summed E-state index contributed by atoms with van der Waals surface area (Å²) in [5.41, 5.74) is 2.81. The molecule has 1 amide bonds. The van der Waals surface area contributed by atoms with Gasteiger partial charge < -0.3 is 14.4 Å². The first-order valence-electron chi connectivity index (χ1n) is 10.6. The molecule has 0 radical (unpaired) electrons. The standard InChI is InChI=1S/C22H26N4O3/c1-13-9-17(24(2)23-13)22(27)26-11-16(15-3-4-18-19(10-15)29-12-28-18)21-20(26)14-5-7-25(21)8-6-14/h3-4,9-10,14,16,20-21H,5-8,11-12H2,1-2H3/t16-,20+,21+/m1/s1. The minimum atomic E-state index is 0.111. The lowest BCUT2D eigenvalue weighted by Crippen LogP contribution is -2.60. The molecule has 5 aliphatic rings. The number of fused-ring (bicyclic) bond motifs is 3. The molecule has 152 valence electrons. The number of hydrogen-bond donors (Lipinski definition) is 0. The van der Waals surface area contributed by atoms with Crippen LogP contribution in [0.15, 0.2) is 24.3 Å². The molecular weight excluding hydrogens is 368 g/mol. The fourth-order valence-electron chi connectivity index (χ4n) is 6.05. The molecule has 3 atom stereocenters.